The molecule has 1 N–H and O–H groups in total. The van der Waals surface area contributed by atoms with Crippen molar-refractivity contribution in [1.82, 2.24) is 5.06 Å². The van der Waals surface area contributed by atoms with Crippen molar-refractivity contribution in [3.63, 3.8) is 0 Å². The van der Waals surface area contributed by atoms with Crippen LogP contribution >= 0.6 is 11.6 Å². The minimum Gasteiger partial charge on any atom is -0.282 e. The van der Waals surface area contributed by atoms with E-state index in [4.69, 9.17) is 11.6 Å². The Hall–Kier alpha value is -2.64. The zero-order valence-electron chi connectivity index (χ0n) is 13.1. The first kappa shape index (κ1) is 16.8. The average molecular weight is 378 g/mol. The van der Waals surface area contributed by atoms with Crippen molar-refractivity contribution in [3.8, 4) is 0 Å². The first-order valence-electron chi connectivity index (χ1n) is 7.62. The lowest BCUT2D eigenvalue weighted by molar-refractivity contribution is -0.137. The summed E-state index contributed by atoms with van der Waals surface area (Å²) in [6.45, 7) is 0. The van der Waals surface area contributed by atoms with Gasteiger partial charge in [0.1, 0.15) is 5.84 Å². The monoisotopic (exact) mass is 377 g/mol. The fourth-order valence-electron chi connectivity index (χ4n) is 2.98. The number of nitrogens with zero attached hydrogens (tertiary/aromatic N) is 3. The summed E-state index contributed by atoms with van der Waals surface area (Å²) in [5.41, 5.74) is 1.70. The lowest BCUT2D eigenvalue weighted by Gasteiger charge is -2.28. The number of rotatable bonds is 1. The molecule has 2 aliphatic heterocycles. The van der Waals surface area contributed by atoms with Gasteiger partial charge in [0, 0.05) is 22.9 Å². The predicted octanol–water partition coefficient (Wildman–Crippen LogP) is 5.26. The second kappa shape index (κ2) is 5.96. The third-order valence-corrected chi connectivity index (χ3v) is 4.43. The minimum atomic E-state index is -4.51. The van der Waals surface area contributed by atoms with Crippen molar-refractivity contribution in [3.05, 3.63) is 59.2 Å². The number of hydrogen-bond donors (Lipinski definition) is 1. The number of benzene rings is 2. The molecule has 26 heavy (non-hydrogen) atoms. The van der Waals surface area contributed by atoms with E-state index in [9.17, 15) is 18.4 Å². The zero-order valence-corrected chi connectivity index (χ0v) is 13.9. The first-order valence-corrected chi connectivity index (χ1v) is 8.15. The summed E-state index contributed by atoms with van der Waals surface area (Å²) in [7, 11) is 0. The van der Waals surface area contributed by atoms with Crippen LogP contribution in [-0.2, 0) is 6.18 Å². The van der Waals surface area contributed by atoms with Crippen molar-refractivity contribution in [2.45, 2.75) is 6.18 Å². The number of amidine groups is 1. The van der Waals surface area contributed by atoms with Gasteiger partial charge in [-0.05, 0) is 24.3 Å². The molecule has 0 bridgehead atoms. The van der Waals surface area contributed by atoms with Gasteiger partial charge < -0.3 is 0 Å². The van der Waals surface area contributed by atoms with E-state index in [1.165, 1.54) is 12.3 Å². The maximum absolute atomic E-state index is 13.2. The molecule has 0 saturated heterocycles. The number of aliphatic imine (C=N–C) groups is 2. The summed E-state index contributed by atoms with van der Waals surface area (Å²) in [6.07, 6.45) is -2.99. The highest BCUT2D eigenvalue weighted by molar-refractivity contribution is 6.31. The fourth-order valence-corrected chi connectivity index (χ4v) is 3.15. The lowest BCUT2D eigenvalue weighted by Crippen LogP contribution is -2.30. The van der Waals surface area contributed by atoms with Crippen LogP contribution in [0.25, 0.3) is 11.3 Å². The van der Waals surface area contributed by atoms with Crippen molar-refractivity contribution < 1.29 is 18.4 Å². The number of alkyl halides is 4. The molecule has 0 saturated carbocycles. The van der Waals surface area contributed by atoms with Crippen LogP contribution in [0.5, 0.6) is 0 Å². The Morgan fingerprint density at radius 2 is 1.81 bits per heavy atom. The smallest absolute Gasteiger partial charge is 0.282 e. The number of hydroxylamine groups is 2. The van der Waals surface area contributed by atoms with E-state index in [-0.39, 0.29) is 23.0 Å². The molecule has 0 atom stereocenters. The molecule has 132 valence electrons. The van der Waals surface area contributed by atoms with Gasteiger partial charge in [-0.1, -0.05) is 18.2 Å². The molecule has 4 rings (SSSR count). The predicted molar refractivity (Wildman–Crippen MR) is 94.3 cm³/mol. The summed E-state index contributed by atoms with van der Waals surface area (Å²) in [4.78, 5) is 8.43. The molecule has 2 heterocycles. The van der Waals surface area contributed by atoms with Crippen LogP contribution in [0.1, 0.15) is 16.7 Å². The number of fused-ring (bicyclic) bond motifs is 2. The molecule has 2 aromatic carbocycles. The van der Waals surface area contributed by atoms with Gasteiger partial charge in [-0.3, -0.25) is 10.2 Å². The Balaban J connectivity index is 2.01. The Morgan fingerprint density at radius 1 is 1.04 bits per heavy atom. The van der Waals surface area contributed by atoms with Gasteiger partial charge in [-0.25, -0.2) is 10.1 Å². The van der Waals surface area contributed by atoms with E-state index >= 15 is 0 Å². The van der Waals surface area contributed by atoms with Gasteiger partial charge in [-0.2, -0.15) is 13.2 Å². The van der Waals surface area contributed by atoms with Crippen LogP contribution in [0.3, 0.4) is 0 Å². The highest BCUT2D eigenvalue weighted by Gasteiger charge is 2.34. The molecular weight excluding hydrogens is 367 g/mol. The second-order valence-corrected chi connectivity index (χ2v) is 6.01. The quantitative estimate of drug-likeness (QED) is 0.689. The van der Waals surface area contributed by atoms with E-state index in [1.54, 1.807) is 18.2 Å². The first-order chi connectivity index (χ1) is 12.4. The van der Waals surface area contributed by atoms with Gasteiger partial charge >= 0.3 is 6.18 Å². The highest BCUT2D eigenvalue weighted by atomic mass is 35.5. The minimum absolute atomic E-state index is 0.105. The number of halogens is 4. The maximum Gasteiger partial charge on any atom is 0.416 e. The summed E-state index contributed by atoms with van der Waals surface area (Å²) in [5, 5.41) is 11.3. The molecule has 2 aliphatic rings. The standard InChI is InChI=1S/C18H11ClF3N3O/c19-8-16-24-15-6-5-10(18(20,21)22)7-12(15)17(25(16)26)13-9-23-14-4-2-1-3-11(13)14/h1-7,9,26H,8H2. The van der Waals surface area contributed by atoms with Crippen LogP contribution in [0.4, 0.5) is 24.5 Å². The van der Waals surface area contributed by atoms with Crippen molar-refractivity contribution >= 4 is 46.3 Å². The van der Waals surface area contributed by atoms with Gasteiger partial charge in [0.25, 0.3) is 0 Å². The summed E-state index contributed by atoms with van der Waals surface area (Å²) in [6, 6.07) is 10.4. The van der Waals surface area contributed by atoms with Crippen molar-refractivity contribution in [1.29, 1.82) is 0 Å². The molecule has 4 nitrogen and oxygen atoms in total. The van der Waals surface area contributed by atoms with Gasteiger partial charge in [0.15, 0.2) is 0 Å². The Morgan fingerprint density at radius 3 is 2.54 bits per heavy atom. The van der Waals surface area contributed by atoms with Crippen LogP contribution < -0.4 is 0 Å². The van der Waals surface area contributed by atoms with Crippen molar-refractivity contribution in [2.24, 2.45) is 9.98 Å². The average Bonchev–Trinajstić information content (AvgIpc) is 3.04. The van der Waals surface area contributed by atoms with E-state index in [0.717, 1.165) is 17.2 Å². The van der Waals surface area contributed by atoms with E-state index in [1.807, 2.05) is 6.07 Å². The third kappa shape index (κ3) is 2.60. The van der Waals surface area contributed by atoms with Crippen LogP contribution in [-0.4, -0.2) is 28.2 Å². The van der Waals surface area contributed by atoms with Crippen LogP contribution in [0.2, 0.25) is 0 Å². The SMILES string of the molecule is ON1C(CCl)=Nc2ccc(C(F)(F)F)cc2C1=C1C=Nc2ccccc21. The van der Waals surface area contributed by atoms with E-state index in [2.05, 4.69) is 9.98 Å². The summed E-state index contributed by atoms with van der Waals surface area (Å²) < 4.78 is 39.5. The highest BCUT2D eigenvalue weighted by Crippen LogP contribution is 2.43. The number of para-hydroxylation sites is 1. The molecule has 8 heteroatoms. The molecule has 0 radical (unpaired) electrons. The fraction of sp³-hybridized carbons (Fsp3) is 0.111. The van der Waals surface area contributed by atoms with Crippen LogP contribution in [0.15, 0.2) is 52.4 Å². The molecule has 0 unspecified atom stereocenters. The molecule has 0 fully saturated rings. The lowest BCUT2D eigenvalue weighted by atomic mass is 9.96. The summed E-state index contributed by atoms with van der Waals surface area (Å²) in [5.74, 6) is 0.0196. The Kier molecular flexibility index (Phi) is 3.86. The Bertz CT molecular complexity index is 995. The molecular formula is C18H11ClF3N3O. The molecule has 0 amide bonds. The Labute approximate surface area is 151 Å². The topological polar surface area (TPSA) is 48.2 Å². The van der Waals surface area contributed by atoms with Gasteiger partial charge in [-0.15, -0.1) is 11.6 Å². The maximum atomic E-state index is 13.2. The van der Waals surface area contributed by atoms with Crippen molar-refractivity contribution in [2.75, 3.05) is 5.88 Å². The normalized spacial score (nSPS) is 18.7. The largest absolute Gasteiger partial charge is 0.416 e. The molecule has 0 aromatic heterocycles. The second-order valence-electron chi connectivity index (χ2n) is 5.74. The van der Waals surface area contributed by atoms with Crippen LogP contribution in [0, 0.1) is 0 Å². The third-order valence-electron chi connectivity index (χ3n) is 4.19. The molecule has 0 spiro atoms. The zero-order chi connectivity index (χ0) is 18.5. The number of hydrogen-bond acceptors (Lipinski definition) is 4. The van der Waals surface area contributed by atoms with E-state index < -0.39 is 11.7 Å². The van der Waals surface area contributed by atoms with E-state index in [0.29, 0.717) is 22.5 Å². The summed E-state index contributed by atoms with van der Waals surface area (Å²) >= 11 is 5.85. The number of allylic oxidation sites excluding steroid dienone is 1. The molecule has 2 aromatic rings. The van der Waals surface area contributed by atoms with Gasteiger partial charge in [0.2, 0.25) is 0 Å². The molecule has 0 aliphatic carbocycles. The van der Waals surface area contributed by atoms with Gasteiger partial charge in [0.05, 0.1) is 28.5 Å².